The zero-order valence-electron chi connectivity index (χ0n) is 23.5. The molecule has 1 aliphatic rings. The molecule has 0 saturated carbocycles. The molecule has 204 valence electrons. The molecule has 0 saturated heterocycles. The van der Waals surface area contributed by atoms with E-state index in [2.05, 4.69) is 55.7 Å². The van der Waals surface area contributed by atoms with Gasteiger partial charge in [-0.2, -0.15) is 0 Å². The smallest absolute Gasteiger partial charge is 0.255 e. The number of hydrogen-bond donors (Lipinski definition) is 2. The van der Waals surface area contributed by atoms with Crippen molar-refractivity contribution in [3.63, 3.8) is 0 Å². The predicted molar refractivity (Wildman–Crippen MR) is 159 cm³/mol. The Labute approximate surface area is 235 Å². The quantitative estimate of drug-likeness (QED) is 0.263. The van der Waals surface area contributed by atoms with Crippen LogP contribution >= 0.6 is 0 Å². The van der Waals surface area contributed by atoms with Crippen molar-refractivity contribution in [3.05, 3.63) is 119 Å². The largest absolute Gasteiger partial charge is 0.497 e. The lowest BCUT2D eigenvalue weighted by Gasteiger charge is -2.29. The summed E-state index contributed by atoms with van der Waals surface area (Å²) in [6.45, 7) is 6.77. The van der Waals surface area contributed by atoms with Crippen LogP contribution in [-0.4, -0.2) is 26.0 Å². The van der Waals surface area contributed by atoms with Crippen LogP contribution in [0, 0.1) is 0 Å². The summed E-state index contributed by atoms with van der Waals surface area (Å²) < 4.78 is 10.4. The maximum Gasteiger partial charge on any atom is 0.255 e. The second-order valence-corrected chi connectivity index (χ2v) is 11.1. The molecule has 0 spiro atoms. The minimum Gasteiger partial charge on any atom is -0.497 e. The molecule has 0 heterocycles. The van der Waals surface area contributed by atoms with Gasteiger partial charge in [-0.15, -0.1) is 0 Å². The molecule has 0 bridgehead atoms. The summed E-state index contributed by atoms with van der Waals surface area (Å²) in [5.41, 5.74) is 5.93. The highest BCUT2D eigenvalue weighted by atomic mass is 16.5. The summed E-state index contributed by atoms with van der Waals surface area (Å²) in [4.78, 5) is 25.7. The van der Waals surface area contributed by atoms with E-state index in [4.69, 9.17) is 9.47 Å². The van der Waals surface area contributed by atoms with Gasteiger partial charge in [-0.1, -0.05) is 39.0 Å². The summed E-state index contributed by atoms with van der Waals surface area (Å²) in [5, 5.41) is 6.04. The first-order valence-electron chi connectivity index (χ1n) is 13.3. The molecular weight excluding hydrogens is 500 g/mol. The van der Waals surface area contributed by atoms with E-state index in [-0.39, 0.29) is 22.6 Å². The number of carbonyl (C=O) groups is 2. The van der Waals surface area contributed by atoms with Gasteiger partial charge in [0.05, 0.1) is 14.2 Å². The lowest BCUT2D eigenvalue weighted by Crippen LogP contribution is -2.23. The third-order valence-corrected chi connectivity index (χ3v) is 7.88. The molecule has 0 aromatic heterocycles. The van der Waals surface area contributed by atoms with E-state index in [1.807, 2.05) is 18.2 Å². The molecule has 1 atom stereocenters. The average Bonchev–Trinajstić information content (AvgIpc) is 3.18. The number of nitrogens with one attached hydrogen (secondary N) is 2. The Kier molecular flexibility index (Phi) is 7.11. The number of carbonyl (C=O) groups excluding carboxylic acids is 2. The number of anilines is 2. The SMILES string of the molecule is COc1ccc(C(=O)Nc2ccc(C3(C)CC(C)(C)c4ccc(NC(=O)c5ccc(OC)cc5)cc43)cc2)cc1. The third kappa shape index (κ3) is 5.17. The molecule has 4 aromatic rings. The number of rotatable bonds is 7. The van der Waals surface area contributed by atoms with Crippen molar-refractivity contribution >= 4 is 23.2 Å². The Morgan fingerprint density at radius 1 is 0.625 bits per heavy atom. The third-order valence-electron chi connectivity index (χ3n) is 7.88. The lowest BCUT2D eigenvalue weighted by atomic mass is 9.75. The van der Waals surface area contributed by atoms with Crippen LogP contribution in [0.1, 0.15) is 64.6 Å². The minimum absolute atomic E-state index is 0.0378. The summed E-state index contributed by atoms with van der Waals surface area (Å²) >= 11 is 0. The van der Waals surface area contributed by atoms with Crippen molar-refractivity contribution in [3.8, 4) is 11.5 Å². The maximum absolute atomic E-state index is 12.9. The fourth-order valence-electron chi connectivity index (χ4n) is 5.81. The fourth-order valence-corrected chi connectivity index (χ4v) is 5.81. The first kappa shape index (κ1) is 27.0. The van der Waals surface area contributed by atoms with Crippen molar-refractivity contribution in [1.29, 1.82) is 0 Å². The van der Waals surface area contributed by atoms with Gasteiger partial charge < -0.3 is 20.1 Å². The number of hydrogen-bond acceptors (Lipinski definition) is 4. The zero-order valence-corrected chi connectivity index (χ0v) is 23.5. The monoisotopic (exact) mass is 534 g/mol. The van der Waals surface area contributed by atoms with Crippen LogP contribution in [0.3, 0.4) is 0 Å². The van der Waals surface area contributed by atoms with Gasteiger partial charge >= 0.3 is 0 Å². The van der Waals surface area contributed by atoms with Crippen LogP contribution in [0.5, 0.6) is 11.5 Å². The van der Waals surface area contributed by atoms with Crippen molar-refractivity contribution in [2.75, 3.05) is 24.9 Å². The van der Waals surface area contributed by atoms with E-state index < -0.39 is 0 Å². The summed E-state index contributed by atoms with van der Waals surface area (Å²) in [7, 11) is 3.20. The van der Waals surface area contributed by atoms with E-state index in [1.54, 1.807) is 62.8 Å². The molecule has 5 rings (SSSR count). The molecule has 6 heteroatoms. The molecule has 0 radical (unpaired) electrons. The molecule has 1 unspecified atom stereocenters. The highest BCUT2D eigenvalue weighted by Crippen LogP contribution is 2.53. The number of ether oxygens (including phenoxy) is 2. The van der Waals surface area contributed by atoms with Crippen molar-refractivity contribution in [2.45, 2.75) is 38.0 Å². The lowest BCUT2D eigenvalue weighted by molar-refractivity contribution is 0.101. The van der Waals surface area contributed by atoms with Gasteiger partial charge in [0, 0.05) is 27.9 Å². The number of amides is 2. The Morgan fingerprint density at radius 3 is 1.60 bits per heavy atom. The molecule has 4 aromatic carbocycles. The molecule has 1 aliphatic carbocycles. The Bertz CT molecular complexity index is 1540. The van der Waals surface area contributed by atoms with Crippen LogP contribution in [0.2, 0.25) is 0 Å². The van der Waals surface area contributed by atoms with E-state index in [1.165, 1.54) is 11.1 Å². The predicted octanol–water partition coefficient (Wildman–Crippen LogP) is 7.20. The van der Waals surface area contributed by atoms with Gasteiger partial charge in [-0.3, -0.25) is 9.59 Å². The molecule has 2 amide bonds. The maximum atomic E-state index is 12.9. The van der Waals surface area contributed by atoms with Gasteiger partial charge in [0.25, 0.3) is 11.8 Å². The highest BCUT2D eigenvalue weighted by Gasteiger charge is 2.45. The van der Waals surface area contributed by atoms with Crippen LogP contribution in [0.15, 0.2) is 91.0 Å². The Morgan fingerprint density at radius 2 is 1.10 bits per heavy atom. The van der Waals surface area contributed by atoms with E-state index in [0.29, 0.717) is 22.6 Å². The summed E-state index contributed by atoms with van der Waals surface area (Å²) in [5.74, 6) is 1.07. The van der Waals surface area contributed by atoms with Gasteiger partial charge in [0.2, 0.25) is 0 Å². The molecule has 2 N–H and O–H groups in total. The topological polar surface area (TPSA) is 76.7 Å². The van der Waals surface area contributed by atoms with Crippen LogP contribution in [-0.2, 0) is 10.8 Å². The molecule has 40 heavy (non-hydrogen) atoms. The van der Waals surface area contributed by atoms with Gasteiger partial charge in [-0.05, 0) is 101 Å². The van der Waals surface area contributed by atoms with Crippen LogP contribution in [0.4, 0.5) is 11.4 Å². The van der Waals surface area contributed by atoms with E-state index in [9.17, 15) is 9.59 Å². The first-order chi connectivity index (χ1) is 19.1. The Balaban J connectivity index is 1.37. The fraction of sp³-hybridized carbons (Fsp3) is 0.235. The van der Waals surface area contributed by atoms with E-state index in [0.717, 1.165) is 23.4 Å². The van der Waals surface area contributed by atoms with Crippen molar-refractivity contribution in [2.24, 2.45) is 0 Å². The van der Waals surface area contributed by atoms with Crippen molar-refractivity contribution in [1.82, 2.24) is 0 Å². The molecule has 6 nitrogen and oxygen atoms in total. The summed E-state index contributed by atoms with van der Waals surface area (Å²) in [6, 6.07) is 28.4. The van der Waals surface area contributed by atoms with Crippen LogP contribution < -0.4 is 20.1 Å². The number of methoxy groups -OCH3 is 2. The molecule has 0 fully saturated rings. The van der Waals surface area contributed by atoms with Crippen molar-refractivity contribution < 1.29 is 19.1 Å². The number of benzene rings is 4. The summed E-state index contributed by atoms with van der Waals surface area (Å²) in [6.07, 6.45) is 0.919. The van der Waals surface area contributed by atoms with Gasteiger partial charge in [0.1, 0.15) is 11.5 Å². The highest BCUT2D eigenvalue weighted by molar-refractivity contribution is 6.05. The second kappa shape index (κ2) is 10.5. The molecule has 0 aliphatic heterocycles. The van der Waals surface area contributed by atoms with Crippen LogP contribution in [0.25, 0.3) is 0 Å². The normalized spacial score (nSPS) is 17.0. The van der Waals surface area contributed by atoms with E-state index >= 15 is 0 Å². The zero-order chi connectivity index (χ0) is 28.5. The average molecular weight is 535 g/mol. The first-order valence-corrected chi connectivity index (χ1v) is 13.3. The Hall–Kier alpha value is -4.58. The minimum atomic E-state index is -0.266. The number of fused-ring (bicyclic) bond motifs is 1. The van der Waals surface area contributed by atoms with Gasteiger partial charge in [-0.25, -0.2) is 0 Å². The molecular formula is C34H34N2O4. The second-order valence-electron chi connectivity index (χ2n) is 11.1. The van der Waals surface area contributed by atoms with Gasteiger partial charge in [0.15, 0.2) is 0 Å². The standard InChI is InChI=1S/C34H34N2O4/c1-33(2)21-34(3,24-10-12-25(13-11-24)35-31(37)22-6-15-27(39-4)16-7-22)30-20-26(14-19-29(30)33)36-32(38)23-8-17-28(40-5)18-9-23/h6-20H,21H2,1-5H3,(H,35,37)(H,36,38).